The van der Waals surface area contributed by atoms with Crippen molar-refractivity contribution in [1.29, 1.82) is 0 Å². The smallest absolute Gasteiger partial charge is 0.275 e. The van der Waals surface area contributed by atoms with Crippen LogP contribution in [0.1, 0.15) is 52.4 Å². The topological polar surface area (TPSA) is 68.0 Å². The highest BCUT2D eigenvalue weighted by atomic mass is 32.1. The van der Waals surface area contributed by atoms with Crippen molar-refractivity contribution < 1.29 is 4.79 Å². The lowest BCUT2D eigenvalue weighted by Gasteiger charge is -2.07. The molecule has 112 valence electrons. The Morgan fingerprint density at radius 2 is 2.14 bits per heavy atom. The Bertz CT molecular complexity index is 636. The summed E-state index contributed by atoms with van der Waals surface area (Å²) < 4.78 is 0. The lowest BCUT2D eigenvalue weighted by molar-refractivity contribution is 0.102. The van der Waals surface area contributed by atoms with E-state index in [1.165, 1.54) is 16.9 Å². The summed E-state index contributed by atoms with van der Waals surface area (Å²) in [7, 11) is 0. The summed E-state index contributed by atoms with van der Waals surface area (Å²) in [5, 5.41) is 5.46. The van der Waals surface area contributed by atoms with Gasteiger partial charge in [-0.2, -0.15) is 0 Å². The van der Waals surface area contributed by atoms with Crippen molar-refractivity contribution in [3.05, 3.63) is 45.4 Å². The van der Waals surface area contributed by atoms with Crippen LogP contribution in [0, 0.1) is 13.8 Å². The van der Waals surface area contributed by atoms with Crippen LogP contribution >= 0.6 is 11.3 Å². The molecule has 0 radical (unpaired) electrons. The number of anilines is 1. The van der Waals surface area contributed by atoms with E-state index in [1.807, 2.05) is 32.0 Å². The lowest BCUT2D eigenvalue weighted by Crippen LogP contribution is -2.14. The minimum atomic E-state index is -0.190. The van der Waals surface area contributed by atoms with E-state index in [0.717, 1.165) is 29.1 Å². The summed E-state index contributed by atoms with van der Waals surface area (Å²) in [6.45, 7) is 6.15. The fraction of sp³-hybridized carbons (Fsp3) is 0.375. The number of nitrogens with zero attached hydrogens (tertiary/aromatic N) is 1. The van der Waals surface area contributed by atoms with E-state index in [1.54, 1.807) is 5.38 Å². The quantitative estimate of drug-likeness (QED) is 0.882. The number of nitrogens with one attached hydrogen (secondary N) is 1. The SMILES string of the molecule is CCCC(N)c1nc(C(=O)Nc2ccc(C)c(C)c2)cs1. The molecule has 0 aliphatic carbocycles. The van der Waals surface area contributed by atoms with Crippen LogP contribution in [0.25, 0.3) is 0 Å². The molecule has 4 nitrogen and oxygen atoms in total. The Morgan fingerprint density at radius 3 is 2.81 bits per heavy atom. The van der Waals surface area contributed by atoms with Gasteiger partial charge in [0.15, 0.2) is 0 Å². The van der Waals surface area contributed by atoms with Gasteiger partial charge in [-0.25, -0.2) is 4.98 Å². The Labute approximate surface area is 129 Å². The van der Waals surface area contributed by atoms with Crippen LogP contribution in [0.15, 0.2) is 23.6 Å². The van der Waals surface area contributed by atoms with Gasteiger partial charge >= 0.3 is 0 Å². The number of benzene rings is 1. The first-order chi connectivity index (χ1) is 10.0. The van der Waals surface area contributed by atoms with Gasteiger partial charge in [0, 0.05) is 11.1 Å². The van der Waals surface area contributed by atoms with E-state index < -0.39 is 0 Å². The van der Waals surface area contributed by atoms with Crippen LogP contribution in [0.3, 0.4) is 0 Å². The molecule has 1 unspecified atom stereocenters. The second-order valence-corrected chi connectivity index (χ2v) is 6.11. The van der Waals surface area contributed by atoms with Crippen LogP contribution in [0.4, 0.5) is 5.69 Å². The third kappa shape index (κ3) is 3.89. The number of carbonyl (C=O) groups excluding carboxylic acids is 1. The number of rotatable bonds is 5. The van der Waals surface area contributed by atoms with Crippen molar-refractivity contribution in [3.8, 4) is 0 Å². The molecule has 2 rings (SSSR count). The van der Waals surface area contributed by atoms with Crippen LogP contribution in [-0.2, 0) is 0 Å². The monoisotopic (exact) mass is 303 g/mol. The fourth-order valence-corrected chi connectivity index (χ4v) is 2.85. The van der Waals surface area contributed by atoms with Gasteiger partial charge in [-0.1, -0.05) is 19.4 Å². The molecule has 0 aliphatic heterocycles. The third-order valence-corrected chi connectivity index (χ3v) is 4.41. The van der Waals surface area contributed by atoms with E-state index in [-0.39, 0.29) is 11.9 Å². The highest BCUT2D eigenvalue weighted by Crippen LogP contribution is 2.21. The average molecular weight is 303 g/mol. The summed E-state index contributed by atoms with van der Waals surface area (Å²) >= 11 is 1.45. The van der Waals surface area contributed by atoms with Gasteiger partial charge in [-0.15, -0.1) is 11.3 Å². The number of thiazole rings is 1. The number of aryl methyl sites for hydroxylation is 2. The van der Waals surface area contributed by atoms with Crippen molar-refractivity contribution in [2.45, 2.75) is 39.7 Å². The minimum absolute atomic E-state index is 0.0804. The molecule has 0 bridgehead atoms. The molecule has 2 aromatic rings. The largest absolute Gasteiger partial charge is 0.322 e. The highest BCUT2D eigenvalue weighted by Gasteiger charge is 2.15. The van der Waals surface area contributed by atoms with Crippen molar-refractivity contribution in [3.63, 3.8) is 0 Å². The maximum Gasteiger partial charge on any atom is 0.275 e. The van der Waals surface area contributed by atoms with E-state index in [9.17, 15) is 4.79 Å². The van der Waals surface area contributed by atoms with E-state index >= 15 is 0 Å². The molecule has 1 amide bonds. The Kier molecular flexibility index (Phi) is 5.09. The summed E-state index contributed by atoms with van der Waals surface area (Å²) in [6.07, 6.45) is 1.89. The van der Waals surface area contributed by atoms with Crippen LogP contribution < -0.4 is 11.1 Å². The summed E-state index contributed by atoms with van der Waals surface area (Å²) in [6, 6.07) is 5.78. The summed E-state index contributed by atoms with van der Waals surface area (Å²) in [5.74, 6) is -0.190. The van der Waals surface area contributed by atoms with Gasteiger partial charge in [0.2, 0.25) is 0 Å². The van der Waals surface area contributed by atoms with Gasteiger partial charge in [-0.05, 0) is 43.5 Å². The number of carbonyl (C=O) groups is 1. The first kappa shape index (κ1) is 15.7. The van der Waals surface area contributed by atoms with E-state index in [4.69, 9.17) is 5.73 Å². The predicted molar refractivity (Wildman–Crippen MR) is 87.8 cm³/mol. The molecule has 21 heavy (non-hydrogen) atoms. The molecule has 0 saturated heterocycles. The van der Waals surface area contributed by atoms with Crippen molar-refractivity contribution in [2.24, 2.45) is 5.73 Å². The summed E-state index contributed by atoms with van der Waals surface area (Å²) in [5.41, 5.74) is 9.60. The van der Waals surface area contributed by atoms with E-state index in [0.29, 0.717) is 5.69 Å². The molecule has 1 atom stereocenters. The second-order valence-electron chi connectivity index (χ2n) is 5.22. The first-order valence-electron chi connectivity index (χ1n) is 7.11. The molecule has 0 fully saturated rings. The normalized spacial score (nSPS) is 12.2. The van der Waals surface area contributed by atoms with E-state index in [2.05, 4.69) is 17.2 Å². The lowest BCUT2D eigenvalue weighted by atomic mass is 10.1. The maximum atomic E-state index is 12.2. The Hall–Kier alpha value is -1.72. The van der Waals surface area contributed by atoms with Crippen LogP contribution in [-0.4, -0.2) is 10.9 Å². The molecule has 3 N–H and O–H groups in total. The number of hydrogen-bond acceptors (Lipinski definition) is 4. The van der Waals surface area contributed by atoms with Gasteiger partial charge in [0.25, 0.3) is 5.91 Å². The third-order valence-electron chi connectivity index (χ3n) is 3.44. The highest BCUT2D eigenvalue weighted by molar-refractivity contribution is 7.09. The zero-order chi connectivity index (χ0) is 15.4. The van der Waals surface area contributed by atoms with Crippen molar-refractivity contribution >= 4 is 22.9 Å². The molecule has 0 saturated carbocycles. The van der Waals surface area contributed by atoms with Crippen molar-refractivity contribution in [2.75, 3.05) is 5.32 Å². The average Bonchev–Trinajstić information content (AvgIpc) is 2.93. The van der Waals surface area contributed by atoms with Gasteiger partial charge in [-0.3, -0.25) is 4.79 Å². The Morgan fingerprint density at radius 1 is 1.38 bits per heavy atom. The Balaban J connectivity index is 2.08. The minimum Gasteiger partial charge on any atom is -0.322 e. The van der Waals surface area contributed by atoms with Gasteiger partial charge < -0.3 is 11.1 Å². The standard InChI is InChI=1S/C16H21N3OS/c1-4-5-13(17)16-19-14(9-21-16)15(20)18-12-7-6-10(2)11(3)8-12/h6-9,13H,4-5,17H2,1-3H3,(H,18,20). The molecule has 0 spiro atoms. The number of nitrogens with two attached hydrogens (primary N) is 1. The number of hydrogen-bond donors (Lipinski definition) is 2. The van der Waals surface area contributed by atoms with Crippen molar-refractivity contribution in [1.82, 2.24) is 4.98 Å². The molecule has 5 heteroatoms. The van der Waals surface area contributed by atoms with Crippen LogP contribution in [0.5, 0.6) is 0 Å². The zero-order valence-electron chi connectivity index (χ0n) is 12.6. The second kappa shape index (κ2) is 6.83. The first-order valence-corrected chi connectivity index (χ1v) is 7.98. The molecule has 1 heterocycles. The van der Waals surface area contributed by atoms with Gasteiger partial charge in [0.05, 0.1) is 6.04 Å². The molecule has 1 aromatic heterocycles. The van der Waals surface area contributed by atoms with Gasteiger partial charge in [0.1, 0.15) is 10.7 Å². The fourth-order valence-electron chi connectivity index (χ4n) is 2.01. The van der Waals surface area contributed by atoms with Crippen LogP contribution in [0.2, 0.25) is 0 Å². The zero-order valence-corrected chi connectivity index (χ0v) is 13.5. The molecule has 1 aromatic carbocycles. The number of aromatic nitrogens is 1. The molecule has 0 aliphatic rings. The number of amides is 1. The predicted octanol–water partition coefficient (Wildman–Crippen LogP) is 3.81. The molecular weight excluding hydrogens is 282 g/mol. The molecular formula is C16H21N3OS. The summed E-state index contributed by atoms with van der Waals surface area (Å²) in [4.78, 5) is 16.5. The maximum absolute atomic E-state index is 12.2.